The van der Waals surface area contributed by atoms with Crippen LogP contribution in [0.25, 0.3) is 0 Å². The summed E-state index contributed by atoms with van der Waals surface area (Å²) < 4.78 is 35.2. The van der Waals surface area contributed by atoms with Crippen LogP contribution >= 0.6 is 0 Å². The maximum atomic E-state index is 15.2. The molecule has 9 heteroatoms. The van der Waals surface area contributed by atoms with Gasteiger partial charge >= 0.3 is 5.92 Å². The number of fused-ring (bicyclic) bond motifs is 2. The zero-order chi connectivity index (χ0) is 22.4. The van der Waals surface area contributed by atoms with Crippen molar-refractivity contribution in [3.05, 3.63) is 58.9 Å². The summed E-state index contributed by atoms with van der Waals surface area (Å²) in [4.78, 5) is 20.6. The van der Waals surface area contributed by atoms with E-state index in [1.807, 2.05) is 19.9 Å². The molecule has 2 aliphatic rings. The molecule has 1 spiro atoms. The molecule has 1 atom stereocenters. The first kappa shape index (κ1) is 20.7. The quantitative estimate of drug-likeness (QED) is 0.765. The lowest BCUT2D eigenvalue weighted by atomic mass is 9.63. The van der Waals surface area contributed by atoms with Gasteiger partial charge in [-0.15, -0.1) is 0 Å². The van der Waals surface area contributed by atoms with Crippen LogP contribution in [0.4, 0.5) is 14.5 Å². The summed E-state index contributed by atoms with van der Waals surface area (Å²) in [6.45, 7) is 3.12. The number of rotatable bonds is 2. The Morgan fingerprint density at radius 1 is 1.23 bits per heavy atom. The second-order valence-electron chi connectivity index (χ2n) is 8.45. The van der Waals surface area contributed by atoms with E-state index in [0.717, 1.165) is 5.56 Å². The molecular formula is C22H21F2N5O2. The van der Waals surface area contributed by atoms with Crippen LogP contribution in [0.15, 0.2) is 41.5 Å². The Hall–Kier alpha value is -3.54. The molecule has 1 aromatic heterocycles. The van der Waals surface area contributed by atoms with E-state index in [1.54, 1.807) is 12.1 Å². The van der Waals surface area contributed by atoms with E-state index in [4.69, 9.17) is 15.7 Å². The SMILES string of the molecule is CC1(C)CCC2(N=C(N)OCC2(F)F)c2cc(NC(=O)c3ccc(C#N)cn3)ccc21. The Kier molecular flexibility index (Phi) is 4.69. The van der Waals surface area contributed by atoms with Gasteiger partial charge < -0.3 is 15.8 Å². The number of aliphatic imine (C=N–C) groups is 1. The summed E-state index contributed by atoms with van der Waals surface area (Å²) in [6, 6.07) is 9.52. The van der Waals surface area contributed by atoms with Crippen LogP contribution in [0.5, 0.6) is 0 Å². The fourth-order valence-electron chi connectivity index (χ4n) is 4.19. The first-order valence-electron chi connectivity index (χ1n) is 9.76. The number of alkyl halides is 2. The number of aromatic nitrogens is 1. The van der Waals surface area contributed by atoms with Gasteiger partial charge in [0.1, 0.15) is 11.8 Å². The highest BCUT2D eigenvalue weighted by atomic mass is 19.3. The highest BCUT2D eigenvalue weighted by molar-refractivity contribution is 6.03. The highest BCUT2D eigenvalue weighted by Crippen LogP contribution is 2.55. The third kappa shape index (κ3) is 3.38. The van der Waals surface area contributed by atoms with Gasteiger partial charge in [0.05, 0.1) is 5.56 Å². The van der Waals surface area contributed by atoms with Crippen LogP contribution in [0.1, 0.15) is 53.9 Å². The van der Waals surface area contributed by atoms with Gasteiger partial charge in [0.2, 0.25) is 0 Å². The Labute approximate surface area is 177 Å². The fraction of sp³-hybridized carbons (Fsp3) is 0.364. The molecule has 1 aliphatic carbocycles. The monoisotopic (exact) mass is 425 g/mol. The number of carbonyl (C=O) groups excluding carboxylic acids is 1. The lowest BCUT2D eigenvalue weighted by molar-refractivity contribution is -0.129. The number of amidine groups is 1. The number of benzene rings is 1. The van der Waals surface area contributed by atoms with Crippen molar-refractivity contribution in [2.45, 2.75) is 43.6 Å². The summed E-state index contributed by atoms with van der Waals surface area (Å²) in [5.41, 5.74) is 5.31. The van der Waals surface area contributed by atoms with Gasteiger partial charge in [0.25, 0.3) is 11.9 Å². The maximum absolute atomic E-state index is 15.2. The van der Waals surface area contributed by atoms with Crippen LogP contribution in [0, 0.1) is 11.3 Å². The van der Waals surface area contributed by atoms with E-state index in [1.165, 1.54) is 24.4 Å². The molecule has 2 aromatic rings. The Morgan fingerprint density at radius 2 is 2.00 bits per heavy atom. The smallest absolute Gasteiger partial charge is 0.310 e. The number of ether oxygens (including phenoxy) is 1. The van der Waals surface area contributed by atoms with Crippen LogP contribution in [0.2, 0.25) is 0 Å². The van der Waals surface area contributed by atoms with Crippen molar-refractivity contribution in [2.24, 2.45) is 10.7 Å². The standard InChI is InChI=1S/C22H21F2N5O2/c1-20(2)7-8-21(22(23,24)12-31-19(26)29-21)16-9-14(4-5-15(16)20)28-18(30)17-6-3-13(10-25)11-27-17/h3-6,9,11H,7-8,12H2,1-2H3,(H2,26,29)(H,28,30). The van der Waals surface area contributed by atoms with E-state index >= 15 is 8.78 Å². The molecule has 2 heterocycles. The van der Waals surface area contributed by atoms with Gasteiger partial charge in [-0.2, -0.15) is 14.0 Å². The maximum Gasteiger partial charge on any atom is 0.310 e. The van der Waals surface area contributed by atoms with Gasteiger partial charge in [-0.1, -0.05) is 19.9 Å². The van der Waals surface area contributed by atoms with Gasteiger partial charge in [-0.25, -0.2) is 9.98 Å². The van der Waals surface area contributed by atoms with Crippen molar-refractivity contribution in [1.82, 2.24) is 4.98 Å². The van der Waals surface area contributed by atoms with Gasteiger partial charge in [-0.05, 0) is 53.6 Å². The van der Waals surface area contributed by atoms with Gasteiger partial charge in [-0.3, -0.25) is 4.79 Å². The van der Waals surface area contributed by atoms with Crippen LogP contribution in [-0.2, 0) is 15.7 Å². The Bertz CT molecular complexity index is 1120. The number of anilines is 1. The molecule has 1 aliphatic heterocycles. The fourth-order valence-corrected chi connectivity index (χ4v) is 4.19. The zero-order valence-corrected chi connectivity index (χ0v) is 17.1. The van der Waals surface area contributed by atoms with Crippen molar-refractivity contribution in [3.8, 4) is 6.07 Å². The number of hydrogen-bond donors (Lipinski definition) is 2. The summed E-state index contributed by atoms with van der Waals surface area (Å²) >= 11 is 0. The minimum atomic E-state index is -3.27. The van der Waals surface area contributed by atoms with Crippen LogP contribution < -0.4 is 11.1 Å². The normalized spacial score (nSPS) is 23.1. The zero-order valence-electron chi connectivity index (χ0n) is 17.1. The molecule has 4 rings (SSSR count). The number of nitrogens with two attached hydrogens (primary N) is 1. The predicted molar refractivity (Wildman–Crippen MR) is 110 cm³/mol. The minimum absolute atomic E-state index is 0.0959. The lowest BCUT2D eigenvalue weighted by Crippen LogP contribution is -2.55. The van der Waals surface area contributed by atoms with E-state index in [9.17, 15) is 4.79 Å². The van der Waals surface area contributed by atoms with E-state index in [0.29, 0.717) is 23.2 Å². The number of nitrogens with one attached hydrogen (secondary N) is 1. The molecular weight excluding hydrogens is 404 g/mol. The van der Waals surface area contributed by atoms with Gasteiger partial charge in [0.15, 0.2) is 12.1 Å². The van der Waals surface area contributed by atoms with Crippen molar-refractivity contribution in [1.29, 1.82) is 5.26 Å². The van der Waals surface area contributed by atoms with E-state index in [-0.39, 0.29) is 23.6 Å². The number of hydrogen-bond acceptors (Lipinski definition) is 6. The second kappa shape index (κ2) is 7.01. The molecule has 1 aromatic carbocycles. The van der Waals surface area contributed by atoms with Crippen LogP contribution in [-0.4, -0.2) is 29.4 Å². The number of pyridine rings is 1. The molecule has 7 nitrogen and oxygen atoms in total. The average molecular weight is 425 g/mol. The Morgan fingerprint density at radius 3 is 2.68 bits per heavy atom. The molecule has 0 bridgehead atoms. The topological polar surface area (TPSA) is 113 Å². The van der Waals surface area contributed by atoms with Crippen molar-refractivity contribution >= 4 is 17.6 Å². The number of nitriles is 1. The minimum Gasteiger partial charge on any atom is -0.459 e. The van der Waals surface area contributed by atoms with E-state index in [2.05, 4.69) is 15.3 Å². The average Bonchev–Trinajstić information content (AvgIpc) is 2.74. The summed E-state index contributed by atoms with van der Waals surface area (Å²) in [5.74, 6) is -3.78. The third-order valence-corrected chi connectivity index (χ3v) is 6.00. The first-order valence-corrected chi connectivity index (χ1v) is 9.76. The molecule has 0 saturated heterocycles. The molecule has 0 saturated carbocycles. The van der Waals surface area contributed by atoms with Crippen molar-refractivity contribution < 1.29 is 18.3 Å². The molecule has 0 radical (unpaired) electrons. The summed E-state index contributed by atoms with van der Waals surface area (Å²) in [6.07, 6.45) is 1.88. The number of carbonyl (C=O) groups is 1. The second-order valence-corrected chi connectivity index (χ2v) is 8.45. The molecule has 31 heavy (non-hydrogen) atoms. The largest absolute Gasteiger partial charge is 0.459 e. The predicted octanol–water partition coefficient (Wildman–Crippen LogP) is 3.45. The van der Waals surface area contributed by atoms with Gasteiger partial charge in [0, 0.05) is 11.9 Å². The Balaban J connectivity index is 1.76. The molecule has 1 amide bonds. The summed E-state index contributed by atoms with van der Waals surface area (Å²) in [7, 11) is 0. The lowest BCUT2D eigenvalue weighted by Gasteiger charge is -2.47. The molecule has 160 valence electrons. The number of nitrogens with zero attached hydrogens (tertiary/aromatic N) is 3. The first-order chi connectivity index (χ1) is 14.6. The van der Waals surface area contributed by atoms with Crippen molar-refractivity contribution in [2.75, 3.05) is 11.9 Å². The van der Waals surface area contributed by atoms with Crippen LogP contribution in [0.3, 0.4) is 0 Å². The highest BCUT2D eigenvalue weighted by Gasteiger charge is 2.61. The number of amides is 1. The summed E-state index contributed by atoms with van der Waals surface area (Å²) in [5, 5.41) is 11.6. The number of halogens is 2. The van der Waals surface area contributed by atoms with E-state index < -0.39 is 24.0 Å². The molecule has 1 unspecified atom stereocenters. The molecule has 0 fully saturated rings. The van der Waals surface area contributed by atoms with Crippen molar-refractivity contribution in [3.63, 3.8) is 0 Å². The third-order valence-electron chi connectivity index (χ3n) is 6.00. The molecule has 3 N–H and O–H groups in total.